The van der Waals surface area contributed by atoms with Crippen molar-refractivity contribution >= 4 is 28.9 Å². The van der Waals surface area contributed by atoms with Crippen LogP contribution in [0, 0.1) is 11.6 Å². The molecule has 2 N–H and O–H groups in total. The van der Waals surface area contributed by atoms with Crippen molar-refractivity contribution in [3.8, 4) is 0 Å². The lowest BCUT2D eigenvalue weighted by Gasteiger charge is -2.13. The largest absolute Gasteiger partial charge is 0.378 e. The van der Waals surface area contributed by atoms with Crippen molar-refractivity contribution in [1.82, 2.24) is 9.97 Å². The van der Waals surface area contributed by atoms with E-state index in [9.17, 15) is 13.6 Å². The van der Waals surface area contributed by atoms with E-state index in [1.54, 1.807) is 0 Å². The average Bonchev–Trinajstić information content (AvgIpc) is 2.65. The lowest BCUT2D eigenvalue weighted by Crippen LogP contribution is -2.16. The summed E-state index contributed by atoms with van der Waals surface area (Å²) in [5.74, 6) is -2.28. The Kier molecular flexibility index (Phi) is 5.25. The molecule has 0 spiro atoms. The molecule has 3 aromatic rings. The number of aromatic nitrogens is 2. The van der Waals surface area contributed by atoms with Crippen molar-refractivity contribution in [3.63, 3.8) is 0 Å². The summed E-state index contributed by atoms with van der Waals surface area (Å²) >= 11 is 0. The van der Waals surface area contributed by atoms with Crippen LogP contribution >= 0.6 is 0 Å². The third-order valence-electron chi connectivity index (χ3n) is 3.73. The Balaban J connectivity index is 1.76. The molecule has 1 aromatic heterocycles. The van der Waals surface area contributed by atoms with Gasteiger partial charge >= 0.3 is 0 Å². The number of nitrogens with zero attached hydrogens (tertiary/aromatic N) is 3. The number of anilines is 4. The Morgan fingerprint density at radius 3 is 2.30 bits per heavy atom. The molecule has 0 atom stereocenters. The van der Waals surface area contributed by atoms with Gasteiger partial charge in [0.1, 0.15) is 23.0 Å². The maximum atomic E-state index is 13.7. The van der Waals surface area contributed by atoms with Gasteiger partial charge in [0.05, 0.1) is 0 Å². The van der Waals surface area contributed by atoms with Crippen LogP contribution in [0.4, 0.5) is 31.8 Å². The first kappa shape index (κ1) is 18.2. The van der Waals surface area contributed by atoms with E-state index in [1.807, 2.05) is 43.3 Å². The zero-order valence-electron chi connectivity index (χ0n) is 14.7. The monoisotopic (exact) mass is 369 g/mol. The second-order valence-corrected chi connectivity index (χ2v) is 5.88. The molecule has 0 aliphatic rings. The number of carbonyl (C=O) groups excluding carboxylic acids is 1. The minimum atomic E-state index is -0.864. The molecule has 3 rings (SSSR count). The standard InChI is InChI=1S/C19H17F2N5O/c1-26(2)13-8-6-12(7-9-13)23-19-22-11-10-16(24-19)18(27)25-17-14(20)4-3-5-15(17)21/h3-11H,1-2H3,(H,25,27)(H,22,23,24). The maximum absolute atomic E-state index is 13.7. The van der Waals surface area contributed by atoms with Crippen molar-refractivity contribution in [2.45, 2.75) is 0 Å². The number of para-hydroxylation sites is 1. The van der Waals surface area contributed by atoms with Crippen LogP contribution in [0.3, 0.4) is 0 Å². The zero-order valence-corrected chi connectivity index (χ0v) is 14.7. The predicted octanol–water partition coefficient (Wildman–Crippen LogP) is 3.82. The van der Waals surface area contributed by atoms with Gasteiger partial charge in [0.25, 0.3) is 5.91 Å². The van der Waals surface area contributed by atoms with E-state index in [1.165, 1.54) is 18.3 Å². The van der Waals surface area contributed by atoms with Crippen LogP contribution in [0.5, 0.6) is 0 Å². The minimum Gasteiger partial charge on any atom is -0.378 e. The van der Waals surface area contributed by atoms with Gasteiger partial charge in [-0.05, 0) is 42.5 Å². The SMILES string of the molecule is CN(C)c1ccc(Nc2nccc(C(=O)Nc3c(F)cccc3F)n2)cc1. The van der Waals surface area contributed by atoms with E-state index in [4.69, 9.17) is 0 Å². The highest BCUT2D eigenvalue weighted by Crippen LogP contribution is 2.20. The molecule has 8 heteroatoms. The maximum Gasteiger partial charge on any atom is 0.274 e. The summed E-state index contributed by atoms with van der Waals surface area (Å²) in [7, 11) is 3.87. The van der Waals surface area contributed by atoms with E-state index in [-0.39, 0.29) is 11.6 Å². The van der Waals surface area contributed by atoms with Crippen LogP contribution in [0.25, 0.3) is 0 Å². The van der Waals surface area contributed by atoms with Gasteiger partial charge in [-0.1, -0.05) is 6.07 Å². The highest BCUT2D eigenvalue weighted by atomic mass is 19.1. The third-order valence-corrected chi connectivity index (χ3v) is 3.73. The van der Waals surface area contributed by atoms with Crippen LogP contribution < -0.4 is 15.5 Å². The molecule has 27 heavy (non-hydrogen) atoms. The molecule has 1 amide bonds. The first-order valence-corrected chi connectivity index (χ1v) is 8.07. The van der Waals surface area contributed by atoms with E-state index >= 15 is 0 Å². The quantitative estimate of drug-likeness (QED) is 0.716. The molecule has 0 fully saturated rings. The van der Waals surface area contributed by atoms with E-state index in [0.717, 1.165) is 23.5 Å². The van der Waals surface area contributed by atoms with Crippen molar-refractivity contribution in [2.75, 3.05) is 29.6 Å². The molecular formula is C19H17F2N5O. The fraction of sp³-hybridized carbons (Fsp3) is 0.105. The first-order chi connectivity index (χ1) is 12.9. The highest BCUT2D eigenvalue weighted by molar-refractivity contribution is 6.03. The van der Waals surface area contributed by atoms with Gasteiger partial charge in [0.15, 0.2) is 0 Å². The molecule has 0 aliphatic carbocycles. The number of nitrogens with one attached hydrogen (secondary N) is 2. The molecule has 138 valence electrons. The minimum absolute atomic E-state index is 0.0277. The number of hydrogen-bond acceptors (Lipinski definition) is 5. The van der Waals surface area contributed by atoms with Crippen LogP contribution in [0.2, 0.25) is 0 Å². The third kappa shape index (κ3) is 4.35. The summed E-state index contributed by atoms with van der Waals surface area (Å²) in [6.07, 6.45) is 1.39. The fourth-order valence-corrected chi connectivity index (χ4v) is 2.31. The molecule has 0 bridgehead atoms. The number of rotatable bonds is 5. The van der Waals surface area contributed by atoms with Crippen LogP contribution in [-0.4, -0.2) is 30.0 Å². The summed E-state index contributed by atoms with van der Waals surface area (Å²) in [6, 6.07) is 12.2. The lowest BCUT2D eigenvalue weighted by atomic mass is 10.2. The van der Waals surface area contributed by atoms with Gasteiger partial charge in [-0.25, -0.2) is 18.7 Å². The second kappa shape index (κ2) is 7.77. The van der Waals surface area contributed by atoms with Crippen LogP contribution in [0.1, 0.15) is 10.5 Å². The predicted molar refractivity (Wildman–Crippen MR) is 100 cm³/mol. The molecule has 0 saturated carbocycles. The molecule has 2 aromatic carbocycles. The summed E-state index contributed by atoms with van der Waals surface area (Å²) < 4.78 is 27.4. The van der Waals surface area contributed by atoms with Crippen molar-refractivity contribution in [3.05, 3.63) is 72.1 Å². The van der Waals surface area contributed by atoms with Crippen LogP contribution in [0.15, 0.2) is 54.7 Å². The Labute approximate surface area is 154 Å². The Morgan fingerprint density at radius 2 is 1.67 bits per heavy atom. The smallest absolute Gasteiger partial charge is 0.274 e. The molecule has 1 heterocycles. The van der Waals surface area contributed by atoms with Crippen LogP contribution in [-0.2, 0) is 0 Å². The number of halogens is 2. The molecule has 6 nitrogen and oxygen atoms in total. The molecular weight excluding hydrogens is 352 g/mol. The van der Waals surface area contributed by atoms with Gasteiger partial charge in [-0.15, -0.1) is 0 Å². The summed E-state index contributed by atoms with van der Waals surface area (Å²) in [5, 5.41) is 5.18. The topological polar surface area (TPSA) is 70.2 Å². The number of carbonyl (C=O) groups is 1. The van der Waals surface area contributed by atoms with Crippen molar-refractivity contribution in [1.29, 1.82) is 0 Å². The van der Waals surface area contributed by atoms with Crippen molar-refractivity contribution < 1.29 is 13.6 Å². The van der Waals surface area contributed by atoms with Gasteiger partial charge in [-0.2, -0.15) is 0 Å². The lowest BCUT2D eigenvalue weighted by molar-refractivity contribution is 0.102. The van der Waals surface area contributed by atoms with Gasteiger partial charge in [0.2, 0.25) is 5.95 Å². The second-order valence-electron chi connectivity index (χ2n) is 5.88. The van der Waals surface area contributed by atoms with Crippen molar-refractivity contribution in [2.24, 2.45) is 0 Å². The Hall–Kier alpha value is -3.55. The zero-order chi connectivity index (χ0) is 19.4. The number of benzene rings is 2. The Morgan fingerprint density at radius 1 is 1.00 bits per heavy atom. The molecule has 0 unspecified atom stereocenters. The fourth-order valence-electron chi connectivity index (χ4n) is 2.31. The highest BCUT2D eigenvalue weighted by Gasteiger charge is 2.15. The molecule has 0 radical (unpaired) electrons. The number of amides is 1. The van der Waals surface area contributed by atoms with Gasteiger partial charge in [0, 0.05) is 31.7 Å². The number of hydrogen-bond donors (Lipinski definition) is 2. The molecule has 0 saturated heterocycles. The van der Waals surface area contributed by atoms with E-state index in [0.29, 0.717) is 0 Å². The summed E-state index contributed by atoms with van der Waals surface area (Å²) in [5.41, 5.74) is 1.22. The van der Waals surface area contributed by atoms with E-state index in [2.05, 4.69) is 20.6 Å². The average molecular weight is 369 g/mol. The molecule has 0 aliphatic heterocycles. The van der Waals surface area contributed by atoms with Gasteiger partial charge in [-0.3, -0.25) is 4.79 Å². The normalized spacial score (nSPS) is 10.4. The van der Waals surface area contributed by atoms with E-state index < -0.39 is 23.2 Å². The first-order valence-electron chi connectivity index (χ1n) is 8.07. The summed E-state index contributed by atoms with van der Waals surface area (Å²) in [6.45, 7) is 0. The summed E-state index contributed by atoms with van der Waals surface area (Å²) in [4.78, 5) is 22.4. The van der Waals surface area contributed by atoms with Gasteiger partial charge < -0.3 is 15.5 Å². The Bertz CT molecular complexity index is 940.